The number of carbonyl (C=O) groups is 1. The lowest BCUT2D eigenvalue weighted by Crippen LogP contribution is -2.35. The number of hydrogen-bond acceptors (Lipinski definition) is 4. The molecular weight excluding hydrogens is 250 g/mol. The van der Waals surface area contributed by atoms with E-state index in [4.69, 9.17) is 4.74 Å². The van der Waals surface area contributed by atoms with Gasteiger partial charge in [0.05, 0.1) is 4.92 Å². The van der Waals surface area contributed by atoms with Crippen LogP contribution in [0.1, 0.15) is 12.0 Å². The lowest BCUT2D eigenvalue weighted by Gasteiger charge is -2.11. The Kier molecular flexibility index (Phi) is 4.30. The van der Waals surface area contributed by atoms with Gasteiger partial charge in [-0.25, -0.2) is 10.1 Å². The monoisotopic (exact) mass is 264 g/mol. The lowest BCUT2D eigenvalue weighted by molar-refractivity contribution is -0.384. The smallest absolute Gasteiger partial charge is 0.407 e. The van der Waals surface area contributed by atoms with Gasteiger partial charge in [-0.3, -0.25) is 10.1 Å². The minimum Gasteiger partial charge on any atom is -0.445 e. The van der Waals surface area contributed by atoms with Crippen LogP contribution >= 0.6 is 0 Å². The molecule has 2 rings (SSSR count). The quantitative estimate of drug-likeness (QED) is 0.652. The molecule has 7 nitrogen and oxygen atoms in total. The van der Waals surface area contributed by atoms with Crippen LogP contribution < -0.4 is 10.6 Å². The van der Waals surface area contributed by atoms with Crippen molar-refractivity contribution in [2.75, 3.05) is 13.1 Å². The predicted molar refractivity (Wildman–Crippen MR) is 66.7 cm³/mol. The SMILES string of the molecule is O=C(NC1CC[N]C1)OCc1ccc([N+](=O)[O-])cc1. The molecule has 1 aliphatic heterocycles. The van der Waals surface area contributed by atoms with Gasteiger partial charge in [0.2, 0.25) is 0 Å². The van der Waals surface area contributed by atoms with E-state index in [1.54, 1.807) is 12.1 Å². The van der Waals surface area contributed by atoms with Gasteiger partial charge in [-0.1, -0.05) is 0 Å². The fourth-order valence-corrected chi connectivity index (χ4v) is 1.77. The van der Waals surface area contributed by atoms with Crippen LogP contribution in [-0.2, 0) is 11.3 Å². The van der Waals surface area contributed by atoms with Gasteiger partial charge in [0, 0.05) is 31.3 Å². The molecule has 1 atom stereocenters. The second kappa shape index (κ2) is 6.14. The van der Waals surface area contributed by atoms with Crippen molar-refractivity contribution in [2.45, 2.75) is 19.1 Å². The van der Waals surface area contributed by atoms with Crippen molar-refractivity contribution >= 4 is 11.8 Å². The summed E-state index contributed by atoms with van der Waals surface area (Å²) in [7, 11) is 0. The van der Waals surface area contributed by atoms with Crippen molar-refractivity contribution in [1.82, 2.24) is 10.6 Å². The highest BCUT2D eigenvalue weighted by Crippen LogP contribution is 2.12. The molecule has 101 valence electrons. The minimum absolute atomic E-state index is 0.0146. The molecule has 1 unspecified atom stereocenters. The highest BCUT2D eigenvalue weighted by atomic mass is 16.6. The third-order valence-electron chi connectivity index (χ3n) is 2.82. The Morgan fingerprint density at radius 2 is 2.21 bits per heavy atom. The van der Waals surface area contributed by atoms with Crippen LogP contribution in [0.2, 0.25) is 0 Å². The number of non-ortho nitro benzene ring substituents is 1. The fourth-order valence-electron chi connectivity index (χ4n) is 1.77. The van der Waals surface area contributed by atoms with Crippen molar-refractivity contribution in [1.29, 1.82) is 0 Å². The number of amides is 1. The van der Waals surface area contributed by atoms with Gasteiger partial charge in [-0.2, -0.15) is 0 Å². The average molecular weight is 264 g/mol. The summed E-state index contributed by atoms with van der Waals surface area (Å²) < 4.78 is 5.03. The molecule has 7 heteroatoms. The lowest BCUT2D eigenvalue weighted by atomic mass is 10.2. The van der Waals surface area contributed by atoms with Crippen LogP contribution in [-0.4, -0.2) is 30.1 Å². The Hall–Kier alpha value is -2.15. The number of hydrogen-bond donors (Lipinski definition) is 1. The number of nitrogens with one attached hydrogen (secondary N) is 1. The van der Waals surface area contributed by atoms with E-state index < -0.39 is 11.0 Å². The highest BCUT2D eigenvalue weighted by molar-refractivity contribution is 5.67. The average Bonchev–Trinajstić information content (AvgIpc) is 2.89. The highest BCUT2D eigenvalue weighted by Gasteiger charge is 2.18. The van der Waals surface area contributed by atoms with E-state index in [2.05, 4.69) is 10.6 Å². The Morgan fingerprint density at radius 1 is 1.47 bits per heavy atom. The van der Waals surface area contributed by atoms with E-state index in [1.165, 1.54) is 12.1 Å². The fraction of sp³-hybridized carbons (Fsp3) is 0.417. The summed E-state index contributed by atoms with van der Waals surface area (Å²) in [5.41, 5.74) is 0.720. The molecule has 1 aromatic carbocycles. The minimum atomic E-state index is -0.486. The summed E-state index contributed by atoms with van der Waals surface area (Å²) in [4.78, 5) is 21.5. The van der Waals surface area contributed by atoms with Crippen molar-refractivity contribution < 1.29 is 14.5 Å². The maximum atomic E-state index is 11.5. The van der Waals surface area contributed by atoms with Crippen LogP contribution in [0.15, 0.2) is 24.3 Å². The Labute approximate surface area is 110 Å². The third-order valence-corrected chi connectivity index (χ3v) is 2.82. The number of carbonyl (C=O) groups excluding carboxylic acids is 1. The molecule has 0 saturated carbocycles. The number of nitro groups is 1. The van der Waals surface area contributed by atoms with Gasteiger partial charge >= 0.3 is 6.09 Å². The van der Waals surface area contributed by atoms with E-state index in [0.717, 1.165) is 13.0 Å². The molecule has 0 bridgehead atoms. The maximum Gasteiger partial charge on any atom is 0.407 e. The number of alkyl carbamates (subject to hydrolysis) is 1. The molecule has 1 aliphatic rings. The van der Waals surface area contributed by atoms with Gasteiger partial charge in [0.1, 0.15) is 6.61 Å². The summed E-state index contributed by atoms with van der Waals surface area (Å²) >= 11 is 0. The normalized spacial score (nSPS) is 18.0. The molecule has 1 amide bonds. The number of rotatable bonds is 4. The largest absolute Gasteiger partial charge is 0.445 e. The molecule has 1 saturated heterocycles. The zero-order chi connectivity index (χ0) is 13.7. The zero-order valence-electron chi connectivity index (χ0n) is 10.2. The second-order valence-electron chi connectivity index (χ2n) is 4.26. The zero-order valence-corrected chi connectivity index (χ0v) is 10.2. The van der Waals surface area contributed by atoms with E-state index >= 15 is 0 Å². The van der Waals surface area contributed by atoms with Crippen LogP contribution in [0.5, 0.6) is 0 Å². The molecule has 1 N–H and O–H groups in total. The van der Waals surface area contributed by atoms with E-state index in [9.17, 15) is 14.9 Å². The van der Waals surface area contributed by atoms with E-state index in [-0.39, 0.29) is 18.3 Å². The molecular formula is C12H14N3O4. The van der Waals surface area contributed by atoms with E-state index in [0.29, 0.717) is 12.1 Å². The van der Waals surface area contributed by atoms with E-state index in [1.807, 2.05) is 0 Å². The van der Waals surface area contributed by atoms with Crippen molar-refractivity contribution in [3.63, 3.8) is 0 Å². The van der Waals surface area contributed by atoms with Gasteiger partial charge in [0.15, 0.2) is 0 Å². The molecule has 0 aliphatic carbocycles. The van der Waals surface area contributed by atoms with Crippen molar-refractivity contribution in [2.24, 2.45) is 0 Å². The molecule has 1 radical (unpaired) electrons. The summed E-state index contributed by atoms with van der Waals surface area (Å²) in [6.07, 6.45) is 0.354. The Bertz CT molecular complexity index is 455. The first kappa shape index (κ1) is 13.3. The first-order valence-corrected chi connectivity index (χ1v) is 5.95. The standard InChI is InChI=1S/C12H14N3O4/c16-12(14-10-5-6-13-7-10)19-8-9-1-3-11(4-2-9)15(17)18/h1-4,10H,5-8H2,(H,14,16). The summed E-state index contributed by atoms with van der Waals surface area (Å²) in [6.45, 7) is 1.49. The topological polar surface area (TPSA) is 95.6 Å². The van der Waals surface area contributed by atoms with Crippen LogP contribution in [0.25, 0.3) is 0 Å². The second-order valence-corrected chi connectivity index (χ2v) is 4.26. The van der Waals surface area contributed by atoms with Crippen molar-refractivity contribution in [3.05, 3.63) is 39.9 Å². The maximum absolute atomic E-state index is 11.5. The molecule has 1 aromatic rings. The summed E-state index contributed by atoms with van der Waals surface area (Å²) in [6, 6.07) is 5.95. The van der Waals surface area contributed by atoms with Gasteiger partial charge < -0.3 is 10.1 Å². The van der Waals surface area contributed by atoms with Crippen LogP contribution in [0.3, 0.4) is 0 Å². The first-order valence-electron chi connectivity index (χ1n) is 5.95. The molecule has 0 aromatic heterocycles. The first-order chi connectivity index (χ1) is 9.15. The van der Waals surface area contributed by atoms with Gasteiger partial charge in [0.25, 0.3) is 5.69 Å². The summed E-state index contributed by atoms with van der Waals surface area (Å²) in [5.74, 6) is 0. The number of benzene rings is 1. The Balaban J connectivity index is 1.77. The number of nitrogens with zero attached hydrogens (tertiary/aromatic N) is 2. The summed E-state index contributed by atoms with van der Waals surface area (Å²) in [5, 5.41) is 17.3. The predicted octanol–water partition coefficient (Wildman–Crippen LogP) is 1.20. The van der Waals surface area contributed by atoms with Gasteiger partial charge in [-0.05, 0) is 24.1 Å². The molecule has 1 heterocycles. The molecule has 1 fully saturated rings. The Morgan fingerprint density at radius 3 is 2.79 bits per heavy atom. The number of ether oxygens (including phenoxy) is 1. The van der Waals surface area contributed by atoms with Gasteiger partial charge in [-0.15, -0.1) is 0 Å². The van der Waals surface area contributed by atoms with Crippen molar-refractivity contribution in [3.8, 4) is 0 Å². The molecule has 0 spiro atoms. The number of nitro benzene ring substituents is 1. The third kappa shape index (κ3) is 3.92. The molecule has 19 heavy (non-hydrogen) atoms. The van der Waals surface area contributed by atoms with Crippen LogP contribution in [0, 0.1) is 10.1 Å². The van der Waals surface area contributed by atoms with Crippen LogP contribution in [0.4, 0.5) is 10.5 Å².